The molecule has 0 unspecified atom stereocenters. The van der Waals surface area contributed by atoms with E-state index in [9.17, 15) is 4.91 Å². The largest absolute Gasteiger partial charge is 0.379 e. The maximum atomic E-state index is 10.5. The predicted octanol–water partition coefficient (Wildman–Crippen LogP) is 6.55. The van der Waals surface area contributed by atoms with Gasteiger partial charge in [-0.1, -0.05) is 35.9 Å². The summed E-state index contributed by atoms with van der Waals surface area (Å²) in [5.74, 6) is 0. The molecule has 0 radical (unpaired) electrons. The maximum Gasteiger partial charge on any atom is 0.108 e. The molecule has 1 heterocycles. The van der Waals surface area contributed by atoms with Gasteiger partial charge in [-0.15, -0.1) is 4.91 Å². The van der Waals surface area contributed by atoms with Gasteiger partial charge in [-0.25, -0.2) is 0 Å². The second-order valence-corrected chi connectivity index (χ2v) is 9.51. The smallest absolute Gasteiger partial charge is 0.108 e. The van der Waals surface area contributed by atoms with Crippen LogP contribution < -0.4 is 0 Å². The van der Waals surface area contributed by atoms with E-state index in [1.54, 1.807) is 19.2 Å². The van der Waals surface area contributed by atoms with Crippen molar-refractivity contribution in [1.82, 2.24) is 4.90 Å². The van der Waals surface area contributed by atoms with E-state index in [0.717, 1.165) is 25.9 Å². The molecule has 1 aliphatic heterocycles. The molecule has 0 spiro atoms. The van der Waals surface area contributed by atoms with Crippen molar-refractivity contribution in [2.24, 2.45) is 5.18 Å². The van der Waals surface area contributed by atoms with Gasteiger partial charge in [-0.3, -0.25) is 4.90 Å². The first-order valence-corrected chi connectivity index (χ1v) is 10.3. The molecule has 2 aromatic rings. The van der Waals surface area contributed by atoms with Crippen molar-refractivity contribution in [3.05, 3.63) is 69.6 Å². The number of nitroso groups, excluding NO2 is 1. The third-order valence-corrected chi connectivity index (χ3v) is 5.62. The van der Waals surface area contributed by atoms with Crippen molar-refractivity contribution >= 4 is 5.69 Å². The molecule has 4 heteroatoms. The van der Waals surface area contributed by atoms with Crippen LogP contribution in [0.15, 0.2) is 47.6 Å². The third-order valence-electron chi connectivity index (χ3n) is 5.62. The Kier molecular flexibility index (Phi) is 7.73. The molecule has 158 valence electrons. The summed E-state index contributed by atoms with van der Waals surface area (Å²) in [7, 11) is 1.71. The van der Waals surface area contributed by atoms with Crippen LogP contribution in [-0.2, 0) is 24.2 Å². The lowest BCUT2D eigenvalue weighted by Crippen LogP contribution is -2.40. The van der Waals surface area contributed by atoms with Crippen LogP contribution in [0.5, 0.6) is 0 Å². The van der Waals surface area contributed by atoms with Gasteiger partial charge in [0.1, 0.15) is 5.69 Å². The Balaban J connectivity index is 0.000000438. The summed E-state index contributed by atoms with van der Waals surface area (Å²) >= 11 is 0. The fourth-order valence-electron chi connectivity index (χ4n) is 3.28. The van der Waals surface area contributed by atoms with E-state index in [4.69, 9.17) is 4.74 Å². The number of fused-ring (bicyclic) bond motifs is 1. The van der Waals surface area contributed by atoms with Crippen molar-refractivity contribution in [1.29, 1.82) is 0 Å². The van der Waals surface area contributed by atoms with Crippen LogP contribution in [-0.4, -0.2) is 23.1 Å². The Morgan fingerprint density at radius 3 is 2.10 bits per heavy atom. The van der Waals surface area contributed by atoms with Crippen LogP contribution in [0.4, 0.5) is 5.69 Å². The van der Waals surface area contributed by atoms with Crippen molar-refractivity contribution in [3.8, 4) is 0 Å². The Morgan fingerprint density at radius 1 is 0.966 bits per heavy atom. The second kappa shape index (κ2) is 9.64. The summed E-state index contributed by atoms with van der Waals surface area (Å²) in [5.41, 5.74) is 6.22. The number of hydrogen-bond acceptors (Lipinski definition) is 4. The number of hydrogen-bond donors (Lipinski definition) is 0. The fourth-order valence-corrected chi connectivity index (χ4v) is 3.28. The highest BCUT2D eigenvalue weighted by Crippen LogP contribution is 2.32. The van der Waals surface area contributed by atoms with E-state index < -0.39 is 0 Å². The number of rotatable bonds is 5. The zero-order valence-electron chi connectivity index (χ0n) is 19.1. The first-order chi connectivity index (χ1) is 13.5. The van der Waals surface area contributed by atoms with Gasteiger partial charge in [0, 0.05) is 25.7 Å². The molecule has 0 bridgehead atoms. The lowest BCUT2D eigenvalue weighted by Gasteiger charge is -2.35. The monoisotopic (exact) mass is 396 g/mol. The molecule has 0 fully saturated rings. The van der Waals surface area contributed by atoms with Crippen LogP contribution in [0.25, 0.3) is 0 Å². The zero-order valence-corrected chi connectivity index (χ0v) is 19.1. The van der Waals surface area contributed by atoms with Gasteiger partial charge in [0.05, 0.1) is 5.60 Å². The van der Waals surface area contributed by atoms with E-state index in [-0.39, 0.29) is 11.1 Å². The molecule has 0 saturated heterocycles. The molecule has 3 rings (SSSR count). The molecule has 0 amide bonds. The molecule has 0 saturated carbocycles. The minimum atomic E-state index is 0.0417. The van der Waals surface area contributed by atoms with E-state index in [1.807, 2.05) is 32.9 Å². The number of aryl methyl sites for hydroxylation is 2. The van der Waals surface area contributed by atoms with Gasteiger partial charge in [0.2, 0.25) is 0 Å². The topological polar surface area (TPSA) is 41.9 Å². The molecular formula is C25H36N2O2. The SMILES string of the molecule is COC(C)(C)C.Cc1ccc2c(c1)CN(C(C)(C)CCc1ccc(N=O)cc1)C2. The second-order valence-electron chi connectivity index (χ2n) is 9.51. The molecular weight excluding hydrogens is 360 g/mol. The number of methoxy groups -OCH3 is 1. The van der Waals surface area contributed by atoms with Crippen molar-refractivity contribution in [3.63, 3.8) is 0 Å². The van der Waals surface area contributed by atoms with Crippen molar-refractivity contribution in [2.45, 2.75) is 78.6 Å². The summed E-state index contributed by atoms with van der Waals surface area (Å²) in [6.07, 6.45) is 2.10. The Hall–Kier alpha value is -2.04. The summed E-state index contributed by atoms with van der Waals surface area (Å²) in [4.78, 5) is 13.1. The van der Waals surface area contributed by atoms with E-state index >= 15 is 0 Å². The van der Waals surface area contributed by atoms with E-state index in [1.165, 1.54) is 22.3 Å². The van der Waals surface area contributed by atoms with Crippen LogP contribution >= 0.6 is 0 Å². The summed E-state index contributed by atoms with van der Waals surface area (Å²) < 4.78 is 4.94. The number of ether oxygens (including phenoxy) is 1. The minimum Gasteiger partial charge on any atom is -0.379 e. The molecule has 4 nitrogen and oxygen atoms in total. The molecule has 2 aromatic carbocycles. The predicted molar refractivity (Wildman–Crippen MR) is 121 cm³/mol. The number of benzene rings is 2. The normalized spacial score (nSPS) is 14.2. The molecule has 0 atom stereocenters. The standard InChI is InChI=1S/C20H24N2O.C5H12O/c1-15-4-7-17-13-22(14-18(17)12-15)20(2,3)11-10-16-5-8-19(21-23)9-6-16;1-5(2,3)6-4/h4-9,12H,10-11,13-14H2,1-3H3;1-4H3. The molecule has 1 aliphatic rings. The molecule has 0 aliphatic carbocycles. The van der Waals surface area contributed by atoms with Gasteiger partial charge in [0.25, 0.3) is 0 Å². The van der Waals surface area contributed by atoms with Gasteiger partial charge in [0.15, 0.2) is 0 Å². The highest BCUT2D eigenvalue weighted by molar-refractivity contribution is 5.38. The van der Waals surface area contributed by atoms with Crippen molar-refractivity contribution in [2.75, 3.05) is 7.11 Å². The zero-order chi connectivity index (χ0) is 21.7. The lowest BCUT2D eigenvalue weighted by atomic mass is 9.93. The van der Waals surface area contributed by atoms with E-state index in [0.29, 0.717) is 5.69 Å². The van der Waals surface area contributed by atoms with E-state index in [2.05, 4.69) is 49.0 Å². The average Bonchev–Trinajstić information content (AvgIpc) is 3.11. The minimum absolute atomic E-state index is 0.0417. The first kappa shape index (κ1) is 23.2. The number of nitrogens with zero attached hydrogens (tertiary/aromatic N) is 2. The Labute approximate surface area is 176 Å². The van der Waals surface area contributed by atoms with Gasteiger partial charge < -0.3 is 4.74 Å². The van der Waals surface area contributed by atoms with Gasteiger partial charge in [-0.05, 0) is 88.4 Å². The van der Waals surface area contributed by atoms with Gasteiger partial charge in [-0.2, -0.15) is 0 Å². The average molecular weight is 397 g/mol. The first-order valence-electron chi connectivity index (χ1n) is 10.3. The quantitative estimate of drug-likeness (QED) is 0.538. The lowest BCUT2D eigenvalue weighted by molar-refractivity contribution is 0.0397. The summed E-state index contributed by atoms with van der Waals surface area (Å²) in [6, 6.07) is 14.4. The molecule has 0 N–H and O–H groups in total. The van der Waals surface area contributed by atoms with Crippen LogP contribution in [0.1, 0.15) is 63.3 Å². The fraction of sp³-hybridized carbons (Fsp3) is 0.520. The summed E-state index contributed by atoms with van der Waals surface area (Å²) in [6.45, 7) is 15.0. The summed E-state index contributed by atoms with van der Waals surface area (Å²) in [5, 5.41) is 2.96. The molecule has 0 aromatic heterocycles. The van der Waals surface area contributed by atoms with Crippen molar-refractivity contribution < 1.29 is 4.74 Å². The maximum absolute atomic E-state index is 10.5. The Bertz CT molecular complexity index is 805. The highest BCUT2D eigenvalue weighted by atomic mass is 16.5. The van der Waals surface area contributed by atoms with Gasteiger partial charge >= 0.3 is 0 Å². The third kappa shape index (κ3) is 7.06. The highest BCUT2D eigenvalue weighted by Gasteiger charge is 2.31. The van der Waals surface area contributed by atoms with Crippen LogP contribution in [0.3, 0.4) is 0 Å². The Morgan fingerprint density at radius 2 is 1.55 bits per heavy atom. The molecule has 29 heavy (non-hydrogen) atoms. The van der Waals surface area contributed by atoms with Crippen LogP contribution in [0.2, 0.25) is 0 Å². The van der Waals surface area contributed by atoms with Crippen LogP contribution in [0, 0.1) is 11.8 Å².